The highest BCUT2D eigenvalue weighted by Gasteiger charge is 2.25. The molecule has 0 saturated heterocycles. The molecule has 1 heterocycles. The summed E-state index contributed by atoms with van der Waals surface area (Å²) in [6, 6.07) is 17.4. The fourth-order valence-electron chi connectivity index (χ4n) is 2.74. The maximum Gasteiger partial charge on any atom is 0.291 e. The largest absolute Gasteiger partial charge is 0.492 e. The van der Waals surface area contributed by atoms with Crippen molar-refractivity contribution in [1.82, 2.24) is 4.68 Å². The molecule has 3 rings (SSSR count). The normalized spacial score (nSPS) is 10.7. The highest BCUT2D eigenvalue weighted by molar-refractivity contribution is 7.92. The minimum atomic E-state index is -4.27. The number of aromatic nitrogens is 1. The summed E-state index contributed by atoms with van der Waals surface area (Å²) in [4.78, 5) is 14.6. The lowest BCUT2D eigenvalue weighted by molar-refractivity contribution is 0.426. The highest BCUT2D eigenvalue weighted by atomic mass is 32.2. The van der Waals surface area contributed by atoms with Gasteiger partial charge in [0.05, 0.1) is 4.90 Å². The van der Waals surface area contributed by atoms with Crippen molar-refractivity contribution in [3.8, 4) is 29.1 Å². The van der Waals surface area contributed by atoms with Crippen LogP contribution in [0.4, 0.5) is 0 Å². The van der Waals surface area contributed by atoms with Gasteiger partial charge in [0.15, 0.2) is 0 Å². The number of rotatable bonds is 4. The molecular formula is C20H14N4O4S. The first-order valence-electron chi connectivity index (χ1n) is 8.27. The predicted molar refractivity (Wildman–Crippen MR) is 105 cm³/mol. The molecule has 0 amide bonds. The molecule has 0 radical (unpaired) electrons. The van der Waals surface area contributed by atoms with Gasteiger partial charge in [-0.1, -0.05) is 48.0 Å². The van der Waals surface area contributed by atoms with Gasteiger partial charge in [-0.15, -0.1) is 0 Å². The highest BCUT2D eigenvalue weighted by Crippen LogP contribution is 2.30. The SMILES string of the molecule is Cc1ccc(S(=O)(=O)Nn2c(O)c(C#N)c(-c3ccccc3)c(C#N)c2=O)cc1. The number of sulfonamides is 1. The molecule has 0 unspecified atom stereocenters. The number of aromatic hydroxyl groups is 1. The smallest absolute Gasteiger partial charge is 0.291 e. The number of hydrogen-bond donors (Lipinski definition) is 2. The van der Waals surface area contributed by atoms with Crippen molar-refractivity contribution in [3.05, 3.63) is 81.6 Å². The molecule has 29 heavy (non-hydrogen) atoms. The molecule has 0 bridgehead atoms. The number of nitrogens with one attached hydrogen (secondary N) is 1. The average molecular weight is 406 g/mol. The van der Waals surface area contributed by atoms with Gasteiger partial charge in [-0.05, 0) is 24.6 Å². The first-order chi connectivity index (χ1) is 13.8. The topological polar surface area (TPSA) is 136 Å². The lowest BCUT2D eigenvalue weighted by atomic mass is 9.97. The molecule has 0 saturated carbocycles. The van der Waals surface area contributed by atoms with Crippen molar-refractivity contribution in [3.63, 3.8) is 0 Å². The fraction of sp³-hybridized carbons (Fsp3) is 0.0500. The number of hydrogen-bond acceptors (Lipinski definition) is 6. The molecule has 0 spiro atoms. The molecule has 9 heteroatoms. The molecule has 0 aliphatic carbocycles. The Morgan fingerprint density at radius 1 is 0.966 bits per heavy atom. The van der Waals surface area contributed by atoms with Crippen LogP contribution < -0.4 is 10.4 Å². The second-order valence-electron chi connectivity index (χ2n) is 6.09. The monoisotopic (exact) mass is 406 g/mol. The van der Waals surface area contributed by atoms with Gasteiger partial charge in [-0.25, -0.2) is 4.83 Å². The summed E-state index contributed by atoms with van der Waals surface area (Å²) >= 11 is 0. The Bertz CT molecular complexity index is 1330. The second kappa shape index (κ2) is 7.50. The minimum absolute atomic E-state index is 0.0658. The van der Waals surface area contributed by atoms with E-state index in [4.69, 9.17) is 0 Å². The van der Waals surface area contributed by atoms with Crippen LogP contribution in [0.2, 0.25) is 0 Å². The van der Waals surface area contributed by atoms with Crippen molar-refractivity contribution in [2.75, 3.05) is 4.83 Å². The molecule has 1 aromatic heterocycles. The standard InChI is InChI=1S/C20H14N4O4S/c1-13-7-9-15(10-8-13)29(27,28)23-24-19(25)16(11-21)18(17(12-22)20(24)26)14-5-3-2-4-6-14/h2-10,23,25H,1H3. The zero-order valence-corrected chi connectivity index (χ0v) is 15.9. The summed E-state index contributed by atoms with van der Waals surface area (Å²) in [5.74, 6) is -0.911. The van der Waals surface area contributed by atoms with E-state index in [0.29, 0.717) is 10.2 Å². The molecule has 2 N–H and O–H groups in total. The molecule has 3 aromatic rings. The van der Waals surface area contributed by atoms with Crippen molar-refractivity contribution in [2.24, 2.45) is 0 Å². The minimum Gasteiger partial charge on any atom is -0.492 e. The Balaban J connectivity index is 2.25. The van der Waals surface area contributed by atoms with Crippen LogP contribution in [0.15, 0.2) is 64.3 Å². The van der Waals surface area contributed by atoms with Gasteiger partial charge in [0.2, 0.25) is 5.88 Å². The van der Waals surface area contributed by atoms with Crippen LogP contribution in [0.1, 0.15) is 16.7 Å². The van der Waals surface area contributed by atoms with Crippen molar-refractivity contribution >= 4 is 10.0 Å². The summed E-state index contributed by atoms with van der Waals surface area (Å²) in [7, 11) is -4.27. The van der Waals surface area contributed by atoms with Crippen LogP contribution in [0.5, 0.6) is 5.88 Å². The van der Waals surface area contributed by atoms with Gasteiger partial charge in [0.25, 0.3) is 15.6 Å². The van der Waals surface area contributed by atoms with Crippen LogP contribution in [0.25, 0.3) is 11.1 Å². The summed E-state index contributed by atoms with van der Waals surface area (Å²) in [5, 5.41) is 29.5. The van der Waals surface area contributed by atoms with E-state index >= 15 is 0 Å². The van der Waals surface area contributed by atoms with E-state index in [2.05, 4.69) is 0 Å². The fourth-order valence-corrected chi connectivity index (χ4v) is 3.75. The average Bonchev–Trinajstić information content (AvgIpc) is 2.72. The second-order valence-corrected chi connectivity index (χ2v) is 7.75. The number of benzene rings is 2. The molecule has 0 fully saturated rings. The Kier molecular flexibility index (Phi) is 5.09. The maximum atomic E-state index is 12.8. The third-order valence-electron chi connectivity index (χ3n) is 4.18. The number of aryl methyl sites for hydroxylation is 1. The van der Waals surface area contributed by atoms with Gasteiger partial charge < -0.3 is 5.11 Å². The van der Waals surface area contributed by atoms with E-state index < -0.39 is 32.6 Å². The molecule has 0 aliphatic heterocycles. The van der Waals surface area contributed by atoms with Gasteiger partial charge in [-0.2, -0.15) is 23.6 Å². The molecule has 8 nitrogen and oxygen atoms in total. The lowest BCUT2D eigenvalue weighted by Gasteiger charge is -2.16. The lowest BCUT2D eigenvalue weighted by Crippen LogP contribution is -2.35. The first kappa shape index (κ1) is 19.7. The third kappa shape index (κ3) is 3.55. The van der Waals surface area contributed by atoms with E-state index in [0.717, 1.165) is 5.56 Å². The zero-order valence-electron chi connectivity index (χ0n) is 15.1. The number of pyridine rings is 1. The van der Waals surface area contributed by atoms with E-state index in [1.165, 1.54) is 12.1 Å². The molecule has 144 valence electrons. The summed E-state index contributed by atoms with van der Waals surface area (Å²) in [5.41, 5.74) is -0.852. The van der Waals surface area contributed by atoms with Gasteiger partial charge >= 0.3 is 0 Å². The van der Waals surface area contributed by atoms with Crippen molar-refractivity contribution in [1.29, 1.82) is 10.5 Å². The zero-order chi connectivity index (χ0) is 21.2. The number of nitrogens with zero attached hydrogens (tertiary/aromatic N) is 3. The van der Waals surface area contributed by atoms with E-state index in [1.807, 2.05) is 4.83 Å². The quantitative estimate of drug-likeness (QED) is 0.682. The van der Waals surface area contributed by atoms with Gasteiger partial charge in [-0.3, -0.25) is 4.79 Å². The molecular weight excluding hydrogens is 392 g/mol. The Hall–Kier alpha value is -4.08. The van der Waals surface area contributed by atoms with E-state index in [1.54, 1.807) is 61.5 Å². The van der Waals surface area contributed by atoms with Crippen LogP contribution in [-0.4, -0.2) is 18.2 Å². The summed E-state index contributed by atoms with van der Waals surface area (Å²) < 4.78 is 25.5. The van der Waals surface area contributed by atoms with Crippen LogP contribution in [0, 0.1) is 29.6 Å². The first-order valence-corrected chi connectivity index (χ1v) is 9.75. The summed E-state index contributed by atoms with van der Waals surface area (Å²) in [6.45, 7) is 1.78. The molecule has 2 aromatic carbocycles. The van der Waals surface area contributed by atoms with E-state index in [9.17, 15) is 28.8 Å². The van der Waals surface area contributed by atoms with Crippen LogP contribution >= 0.6 is 0 Å². The van der Waals surface area contributed by atoms with Crippen molar-refractivity contribution in [2.45, 2.75) is 11.8 Å². The molecule has 0 aliphatic rings. The van der Waals surface area contributed by atoms with Gasteiger partial charge in [0.1, 0.15) is 23.3 Å². The van der Waals surface area contributed by atoms with E-state index in [-0.39, 0.29) is 10.5 Å². The predicted octanol–water partition coefficient (Wildman–Crippen LogP) is 2.21. The van der Waals surface area contributed by atoms with Gasteiger partial charge in [0, 0.05) is 5.56 Å². The Labute approximate surface area is 166 Å². The van der Waals surface area contributed by atoms with Crippen molar-refractivity contribution < 1.29 is 13.5 Å². The maximum absolute atomic E-state index is 12.8. The van der Waals surface area contributed by atoms with Crippen LogP contribution in [-0.2, 0) is 10.0 Å². The molecule has 0 atom stereocenters. The van der Waals surface area contributed by atoms with Crippen LogP contribution in [0.3, 0.4) is 0 Å². The summed E-state index contributed by atoms with van der Waals surface area (Å²) in [6.07, 6.45) is 0. The third-order valence-corrected chi connectivity index (χ3v) is 5.50. The Morgan fingerprint density at radius 2 is 1.55 bits per heavy atom. The Morgan fingerprint density at radius 3 is 2.10 bits per heavy atom. The number of nitriles is 2.